The summed E-state index contributed by atoms with van der Waals surface area (Å²) in [5, 5.41) is 5.36. The molecule has 0 aromatic carbocycles. The number of carbonyl (C=O) groups excluding carboxylic acids is 2. The Kier molecular flexibility index (Phi) is 6.14. The molecule has 0 aliphatic rings. The highest BCUT2D eigenvalue weighted by Crippen LogP contribution is 2.07. The van der Waals surface area contributed by atoms with E-state index in [4.69, 9.17) is 4.74 Å². The fraction of sp³-hybridized carbons (Fsp3) is 0.533. The monoisotopic (exact) mass is 293 g/mol. The van der Waals surface area contributed by atoms with Crippen molar-refractivity contribution in [1.82, 2.24) is 10.3 Å². The second kappa shape index (κ2) is 7.61. The highest BCUT2D eigenvalue weighted by molar-refractivity contribution is 5.90. The summed E-state index contributed by atoms with van der Waals surface area (Å²) in [5.74, 6) is -0.105. The Bertz CT molecular complexity index is 478. The Morgan fingerprint density at radius 1 is 1.29 bits per heavy atom. The van der Waals surface area contributed by atoms with E-state index in [-0.39, 0.29) is 5.91 Å². The zero-order chi connectivity index (χ0) is 15.9. The van der Waals surface area contributed by atoms with Crippen molar-refractivity contribution in [1.29, 1.82) is 0 Å². The number of anilines is 1. The molecule has 2 N–H and O–H groups in total. The number of rotatable bonds is 5. The van der Waals surface area contributed by atoms with Gasteiger partial charge in [0.2, 0.25) is 5.91 Å². The van der Waals surface area contributed by atoms with Crippen LogP contribution in [0.5, 0.6) is 0 Å². The highest BCUT2D eigenvalue weighted by atomic mass is 16.6. The lowest BCUT2D eigenvalue weighted by Gasteiger charge is -2.19. The second-order valence-electron chi connectivity index (χ2n) is 5.77. The van der Waals surface area contributed by atoms with E-state index < -0.39 is 11.7 Å². The number of pyridine rings is 1. The van der Waals surface area contributed by atoms with Crippen LogP contribution in [0.2, 0.25) is 0 Å². The van der Waals surface area contributed by atoms with E-state index >= 15 is 0 Å². The quantitative estimate of drug-likeness (QED) is 0.818. The first-order valence-electron chi connectivity index (χ1n) is 6.95. The van der Waals surface area contributed by atoms with E-state index in [1.165, 1.54) is 0 Å². The third-order valence-electron chi connectivity index (χ3n) is 2.44. The number of hydrogen-bond acceptors (Lipinski definition) is 4. The molecule has 0 saturated carbocycles. The van der Waals surface area contributed by atoms with Gasteiger partial charge >= 0.3 is 6.09 Å². The molecule has 6 heteroatoms. The van der Waals surface area contributed by atoms with Gasteiger partial charge in [0.15, 0.2) is 0 Å². The molecule has 0 aliphatic carbocycles. The summed E-state index contributed by atoms with van der Waals surface area (Å²) in [6, 6.07) is 3.64. The number of aromatic nitrogens is 1. The average Bonchev–Trinajstić information content (AvgIpc) is 2.35. The van der Waals surface area contributed by atoms with Crippen LogP contribution in [0.15, 0.2) is 18.3 Å². The molecule has 2 amide bonds. The van der Waals surface area contributed by atoms with Gasteiger partial charge in [0.05, 0.1) is 11.9 Å². The Morgan fingerprint density at radius 2 is 2.00 bits per heavy atom. The van der Waals surface area contributed by atoms with Crippen LogP contribution in [-0.4, -0.2) is 29.1 Å². The van der Waals surface area contributed by atoms with E-state index in [1.807, 2.05) is 13.0 Å². The minimum absolute atomic E-state index is 0.105. The zero-order valence-electron chi connectivity index (χ0n) is 13.0. The van der Waals surface area contributed by atoms with Crippen molar-refractivity contribution < 1.29 is 14.3 Å². The van der Waals surface area contributed by atoms with Crippen LogP contribution in [0.1, 0.15) is 39.3 Å². The first-order valence-corrected chi connectivity index (χ1v) is 6.95. The first kappa shape index (κ1) is 16.9. The maximum atomic E-state index is 11.7. The number of amides is 2. The number of alkyl carbamates (subject to hydrolysis) is 1. The maximum absolute atomic E-state index is 11.7. The largest absolute Gasteiger partial charge is 0.444 e. The topological polar surface area (TPSA) is 80.3 Å². The van der Waals surface area contributed by atoms with Crippen molar-refractivity contribution in [3.05, 3.63) is 24.0 Å². The van der Waals surface area contributed by atoms with Crippen molar-refractivity contribution in [3.8, 4) is 0 Å². The number of aryl methyl sites for hydroxylation is 1. The maximum Gasteiger partial charge on any atom is 0.407 e. The Labute approximate surface area is 125 Å². The highest BCUT2D eigenvalue weighted by Gasteiger charge is 2.15. The van der Waals surface area contributed by atoms with Crippen LogP contribution in [0, 0.1) is 6.92 Å². The molecule has 1 heterocycles. The number of nitrogens with zero attached hydrogens (tertiary/aromatic N) is 1. The first-order chi connectivity index (χ1) is 9.76. The van der Waals surface area contributed by atoms with Crippen LogP contribution in [0.4, 0.5) is 10.5 Å². The van der Waals surface area contributed by atoms with Crippen molar-refractivity contribution >= 4 is 17.7 Å². The van der Waals surface area contributed by atoms with Crippen molar-refractivity contribution in [2.45, 2.75) is 46.1 Å². The van der Waals surface area contributed by atoms with Gasteiger partial charge in [-0.3, -0.25) is 9.78 Å². The third kappa shape index (κ3) is 7.91. The number of carbonyl (C=O) groups is 2. The summed E-state index contributed by atoms with van der Waals surface area (Å²) in [5.41, 5.74) is 1.06. The normalized spacial score (nSPS) is 10.9. The predicted octanol–water partition coefficient (Wildman–Crippen LogP) is 2.63. The number of nitrogens with one attached hydrogen (secondary N) is 2. The van der Waals surface area contributed by atoms with Gasteiger partial charge in [0.25, 0.3) is 0 Å². The lowest BCUT2D eigenvalue weighted by Crippen LogP contribution is -2.33. The molecule has 0 radical (unpaired) electrons. The molecule has 1 aromatic heterocycles. The van der Waals surface area contributed by atoms with E-state index in [1.54, 1.807) is 33.0 Å². The van der Waals surface area contributed by atoms with Gasteiger partial charge in [-0.25, -0.2) is 4.79 Å². The second-order valence-corrected chi connectivity index (χ2v) is 5.77. The van der Waals surface area contributed by atoms with Crippen LogP contribution in [-0.2, 0) is 9.53 Å². The van der Waals surface area contributed by atoms with Crippen LogP contribution < -0.4 is 10.6 Å². The Hall–Kier alpha value is -2.11. The van der Waals surface area contributed by atoms with Crippen LogP contribution in [0.3, 0.4) is 0 Å². The molecule has 1 rings (SSSR count). The standard InChI is InChI=1S/C15H23N3O3/c1-11-7-8-12(10-17-11)18-13(19)6-5-9-16-14(20)21-15(2,3)4/h7-8,10H,5-6,9H2,1-4H3,(H,16,20)(H,18,19). The molecule has 116 valence electrons. The molecular formula is C15H23N3O3. The predicted molar refractivity (Wildman–Crippen MR) is 81.1 cm³/mol. The molecule has 0 saturated heterocycles. The van der Waals surface area contributed by atoms with Crippen molar-refractivity contribution in [2.24, 2.45) is 0 Å². The summed E-state index contributed by atoms with van der Waals surface area (Å²) in [6.45, 7) is 7.68. The zero-order valence-corrected chi connectivity index (χ0v) is 13.0. The van der Waals surface area contributed by atoms with Gasteiger partial charge in [-0.15, -0.1) is 0 Å². The summed E-state index contributed by atoms with van der Waals surface area (Å²) >= 11 is 0. The SMILES string of the molecule is Cc1ccc(NC(=O)CCCNC(=O)OC(C)(C)C)cn1. The Balaban J connectivity index is 2.19. The average molecular weight is 293 g/mol. The molecule has 21 heavy (non-hydrogen) atoms. The van der Waals surface area contributed by atoms with Crippen molar-refractivity contribution in [2.75, 3.05) is 11.9 Å². The van der Waals surface area contributed by atoms with Gasteiger partial charge in [-0.05, 0) is 46.2 Å². The van der Waals surface area contributed by atoms with Gasteiger partial charge in [-0.1, -0.05) is 0 Å². The summed E-state index contributed by atoms with van der Waals surface area (Å²) < 4.78 is 5.09. The minimum Gasteiger partial charge on any atom is -0.444 e. The fourth-order valence-corrected chi connectivity index (χ4v) is 1.52. The van der Waals surface area contributed by atoms with Crippen molar-refractivity contribution in [3.63, 3.8) is 0 Å². The molecule has 0 bridgehead atoms. The Morgan fingerprint density at radius 3 is 2.57 bits per heavy atom. The molecule has 0 atom stereocenters. The van der Waals surface area contributed by atoms with Crippen LogP contribution >= 0.6 is 0 Å². The van der Waals surface area contributed by atoms with Gasteiger partial charge < -0.3 is 15.4 Å². The number of ether oxygens (including phenoxy) is 1. The molecule has 0 fully saturated rings. The molecule has 0 spiro atoms. The third-order valence-corrected chi connectivity index (χ3v) is 2.44. The summed E-state index contributed by atoms with van der Waals surface area (Å²) in [6.07, 6.45) is 2.02. The lowest BCUT2D eigenvalue weighted by molar-refractivity contribution is -0.116. The van der Waals surface area contributed by atoms with E-state index in [9.17, 15) is 9.59 Å². The van der Waals surface area contributed by atoms with E-state index in [0.717, 1.165) is 5.69 Å². The van der Waals surface area contributed by atoms with Gasteiger partial charge in [0, 0.05) is 18.7 Å². The smallest absolute Gasteiger partial charge is 0.407 e. The minimum atomic E-state index is -0.514. The molecule has 6 nitrogen and oxygen atoms in total. The molecular weight excluding hydrogens is 270 g/mol. The van der Waals surface area contributed by atoms with E-state index in [0.29, 0.717) is 25.1 Å². The lowest BCUT2D eigenvalue weighted by atomic mass is 10.2. The van der Waals surface area contributed by atoms with Gasteiger partial charge in [0.1, 0.15) is 5.60 Å². The summed E-state index contributed by atoms with van der Waals surface area (Å²) in [7, 11) is 0. The molecule has 0 unspecified atom stereocenters. The van der Waals surface area contributed by atoms with E-state index in [2.05, 4.69) is 15.6 Å². The molecule has 0 aliphatic heterocycles. The number of hydrogen-bond donors (Lipinski definition) is 2. The van der Waals surface area contributed by atoms with Gasteiger partial charge in [-0.2, -0.15) is 0 Å². The van der Waals surface area contributed by atoms with Crippen LogP contribution in [0.25, 0.3) is 0 Å². The summed E-state index contributed by atoms with van der Waals surface area (Å²) in [4.78, 5) is 27.2. The molecule has 1 aromatic rings. The fourth-order valence-electron chi connectivity index (χ4n) is 1.52.